The van der Waals surface area contributed by atoms with Crippen molar-refractivity contribution in [1.82, 2.24) is 4.90 Å². The first-order valence-corrected chi connectivity index (χ1v) is 4.25. The monoisotopic (exact) mass is 155 g/mol. The molecule has 64 valence electrons. The summed E-state index contributed by atoms with van der Waals surface area (Å²) in [7, 11) is 1.74. The molecule has 0 bridgehead atoms. The summed E-state index contributed by atoms with van der Waals surface area (Å²) in [4.78, 5) is 6.10. The highest BCUT2D eigenvalue weighted by molar-refractivity contribution is 5.77. The molecular weight excluding hydrogens is 138 g/mol. The number of guanidine groups is 1. The van der Waals surface area contributed by atoms with E-state index >= 15 is 0 Å². The molecule has 0 aromatic carbocycles. The number of nitrogens with zero attached hydrogens (tertiary/aromatic N) is 2. The van der Waals surface area contributed by atoms with E-state index in [1.54, 1.807) is 7.05 Å². The maximum Gasteiger partial charge on any atom is 0.190 e. The van der Waals surface area contributed by atoms with E-state index in [0.29, 0.717) is 5.96 Å². The largest absolute Gasteiger partial charge is 0.370 e. The Bertz CT molecular complexity index is 149. The molecule has 0 aliphatic heterocycles. The van der Waals surface area contributed by atoms with Gasteiger partial charge in [0.2, 0.25) is 0 Å². The Kier molecular flexibility index (Phi) is 2.74. The summed E-state index contributed by atoms with van der Waals surface area (Å²) in [5.74, 6) is 1.56. The van der Waals surface area contributed by atoms with Crippen LogP contribution in [0.4, 0.5) is 0 Å². The first kappa shape index (κ1) is 8.37. The van der Waals surface area contributed by atoms with E-state index in [1.165, 1.54) is 12.8 Å². The van der Waals surface area contributed by atoms with Crippen molar-refractivity contribution in [2.45, 2.75) is 19.8 Å². The zero-order valence-electron chi connectivity index (χ0n) is 7.38. The molecule has 0 saturated heterocycles. The van der Waals surface area contributed by atoms with Gasteiger partial charge in [-0.1, -0.05) is 0 Å². The Morgan fingerprint density at radius 3 is 2.64 bits per heavy atom. The van der Waals surface area contributed by atoms with Crippen LogP contribution in [-0.2, 0) is 0 Å². The average molecular weight is 155 g/mol. The molecule has 1 aliphatic carbocycles. The molecule has 0 aromatic rings. The van der Waals surface area contributed by atoms with Gasteiger partial charge < -0.3 is 10.6 Å². The molecule has 3 nitrogen and oxygen atoms in total. The van der Waals surface area contributed by atoms with Crippen LogP contribution in [0.3, 0.4) is 0 Å². The van der Waals surface area contributed by atoms with Crippen LogP contribution < -0.4 is 5.73 Å². The number of aliphatic imine (C=N–C) groups is 1. The highest BCUT2D eigenvalue weighted by Crippen LogP contribution is 2.29. The summed E-state index contributed by atoms with van der Waals surface area (Å²) in [6, 6.07) is 0. The minimum Gasteiger partial charge on any atom is -0.370 e. The molecule has 1 aliphatic rings. The van der Waals surface area contributed by atoms with Crippen molar-refractivity contribution in [3.8, 4) is 0 Å². The highest BCUT2D eigenvalue weighted by atomic mass is 15.2. The molecule has 3 heteroatoms. The zero-order chi connectivity index (χ0) is 8.27. The summed E-state index contributed by atoms with van der Waals surface area (Å²) in [5, 5.41) is 0. The number of hydrogen-bond donors (Lipinski definition) is 1. The molecule has 1 rings (SSSR count). The second-order valence-corrected chi connectivity index (χ2v) is 3.06. The lowest BCUT2D eigenvalue weighted by Gasteiger charge is -2.20. The number of hydrogen-bond acceptors (Lipinski definition) is 1. The summed E-state index contributed by atoms with van der Waals surface area (Å²) in [6.07, 6.45) is 2.74. The van der Waals surface area contributed by atoms with Gasteiger partial charge in [-0.25, -0.2) is 0 Å². The SMILES string of the molecule is CCN(CC1CC1)C(N)=NC. The van der Waals surface area contributed by atoms with Crippen LogP contribution in [0.2, 0.25) is 0 Å². The molecule has 0 aromatic heterocycles. The summed E-state index contributed by atoms with van der Waals surface area (Å²) < 4.78 is 0. The lowest BCUT2D eigenvalue weighted by Crippen LogP contribution is -2.38. The van der Waals surface area contributed by atoms with Crippen molar-refractivity contribution in [2.75, 3.05) is 20.1 Å². The maximum absolute atomic E-state index is 5.68. The number of nitrogens with two attached hydrogens (primary N) is 1. The lowest BCUT2D eigenvalue weighted by molar-refractivity contribution is 0.414. The van der Waals surface area contributed by atoms with Crippen molar-refractivity contribution >= 4 is 5.96 Å². The van der Waals surface area contributed by atoms with Gasteiger partial charge in [0.15, 0.2) is 5.96 Å². The molecule has 0 radical (unpaired) electrons. The molecule has 1 fully saturated rings. The summed E-state index contributed by atoms with van der Waals surface area (Å²) in [6.45, 7) is 4.18. The molecule has 0 amide bonds. The molecule has 0 unspecified atom stereocenters. The van der Waals surface area contributed by atoms with E-state index < -0.39 is 0 Å². The zero-order valence-corrected chi connectivity index (χ0v) is 7.38. The van der Waals surface area contributed by atoms with Crippen molar-refractivity contribution in [2.24, 2.45) is 16.6 Å². The number of rotatable bonds is 3. The van der Waals surface area contributed by atoms with Crippen LogP contribution in [0.25, 0.3) is 0 Å². The standard InChI is InChI=1S/C8H17N3/c1-3-11(8(9)10-2)6-7-4-5-7/h7H,3-6H2,1-2H3,(H2,9,10). The Balaban J connectivity index is 2.34. The maximum atomic E-state index is 5.68. The quantitative estimate of drug-likeness (QED) is 0.480. The Morgan fingerprint density at radius 1 is 1.64 bits per heavy atom. The molecule has 0 atom stereocenters. The van der Waals surface area contributed by atoms with Crippen molar-refractivity contribution in [1.29, 1.82) is 0 Å². The van der Waals surface area contributed by atoms with Crippen molar-refractivity contribution in [3.63, 3.8) is 0 Å². The van der Waals surface area contributed by atoms with E-state index in [2.05, 4.69) is 16.8 Å². The van der Waals surface area contributed by atoms with Gasteiger partial charge in [-0.3, -0.25) is 4.99 Å². The second kappa shape index (κ2) is 3.60. The third kappa shape index (κ3) is 2.41. The Morgan fingerprint density at radius 2 is 2.27 bits per heavy atom. The van der Waals surface area contributed by atoms with Gasteiger partial charge in [0, 0.05) is 20.1 Å². The van der Waals surface area contributed by atoms with E-state index in [0.717, 1.165) is 19.0 Å². The summed E-state index contributed by atoms with van der Waals surface area (Å²) in [5.41, 5.74) is 5.68. The van der Waals surface area contributed by atoms with Crippen molar-refractivity contribution in [3.05, 3.63) is 0 Å². The van der Waals surface area contributed by atoms with E-state index in [9.17, 15) is 0 Å². The van der Waals surface area contributed by atoms with Gasteiger partial charge in [-0.05, 0) is 25.7 Å². The fourth-order valence-electron chi connectivity index (χ4n) is 1.14. The van der Waals surface area contributed by atoms with Gasteiger partial charge in [0.25, 0.3) is 0 Å². The Labute approximate surface area is 68.3 Å². The molecule has 11 heavy (non-hydrogen) atoms. The smallest absolute Gasteiger partial charge is 0.190 e. The van der Waals surface area contributed by atoms with Crippen LogP contribution in [0.15, 0.2) is 4.99 Å². The Hall–Kier alpha value is -0.730. The van der Waals surface area contributed by atoms with Crippen LogP contribution in [0, 0.1) is 5.92 Å². The minimum atomic E-state index is 0.680. The minimum absolute atomic E-state index is 0.680. The van der Waals surface area contributed by atoms with Crippen LogP contribution in [0.1, 0.15) is 19.8 Å². The molecule has 0 heterocycles. The van der Waals surface area contributed by atoms with Gasteiger partial charge >= 0.3 is 0 Å². The van der Waals surface area contributed by atoms with Gasteiger partial charge in [0.1, 0.15) is 0 Å². The summed E-state index contributed by atoms with van der Waals surface area (Å²) >= 11 is 0. The van der Waals surface area contributed by atoms with E-state index in [-0.39, 0.29) is 0 Å². The third-order valence-electron chi connectivity index (χ3n) is 2.11. The third-order valence-corrected chi connectivity index (χ3v) is 2.11. The van der Waals surface area contributed by atoms with E-state index in [1.807, 2.05) is 0 Å². The average Bonchev–Trinajstić information content (AvgIpc) is 2.82. The topological polar surface area (TPSA) is 41.6 Å². The first-order chi connectivity index (χ1) is 5.27. The fraction of sp³-hybridized carbons (Fsp3) is 0.875. The van der Waals surface area contributed by atoms with Gasteiger partial charge in [-0.15, -0.1) is 0 Å². The molecule has 2 N–H and O–H groups in total. The van der Waals surface area contributed by atoms with Gasteiger partial charge in [0.05, 0.1) is 0 Å². The fourth-order valence-corrected chi connectivity index (χ4v) is 1.14. The van der Waals surface area contributed by atoms with E-state index in [4.69, 9.17) is 5.73 Å². The predicted octanol–water partition coefficient (Wildman–Crippen LogP) is 0.663. The van der Waals surface area contributed by atoms with Crippen LogP contribution in [0.5, 0.6) is 0 Å². The predicted molar refractivity (Wildman–Crippen MR) is 47.5 cm³/mol. The van der Waals surface area contributed by atoms with Crippen LogP contribution in [-0.4, -0.2) is 31.0 Å². The first-order valence-electron chi connectivity index (χ1n) is 4.25. The normalized spacial score (nSPS) is 18.5. The highest BCUT2D eigenvalue weighted by Gasteiger charge is 2.24. The molecule has 0 spiro atoms. The molecule has 1 saturated carbocycles. The lowest BCUT2D eigenvalue weighted by atomic mass is 10.4. The van der Waals surface area contributed by atoms with Gasteiger partial charge in [-0.2, -0.15) is 0 Å². The van der Waals surface area contributed by atoms with Crippen LogP contribution >= 0.6 is 0 Å². The molecular formula is C8H17N3. The van der Waals surface area contributed by atoms with Crippen molar-refractivity contribution < 1.29 is 0 Å². The second-order valence-electron chi connectivity index (χ2n) is 3.06.